The molecule has 1 N–H and O–H groups in total. The van der Waals surface area contributed by atoms with E-state index in [0.29, 0.717) is 16.7 Å². The quantitative estimate of drug-likeness (QED) is 0.727. The third-order valence-corrected chi connectivity index (χ3v) is 8.19. The van der Waals surface area contributed by atoms with Gasteiger partial charge >= 0.3 is 0 Å². The number of hydrogen-bond donors (Lipinski definition) is 1. The van der Waals surface area contributed by atoms with Crippen molar-refractivity contribution in [1.29, 1.82) is 0 Å². The number of carbonyl (C=O) groups excluding carboxylic acids is 1. The highest BCUT2D eigenvalue weighted by Crippen LogP contribution is 2.47. The molecule has 2 spiro atoms. The zero-order chi connectivity index (χ0) is 18.5. The van der Waals surface area contributed by atoms with Gasteiger partial charge < -0.3 is 10.2 Å². The lowest BCUT2D eigenvalue weighted by molar-refractivity contribution is -0.137. The number of piperidine rings is 2. The molecule has 0 saturated carbocycles. The molecular weight excluding hydrogens is 405 g/mol. The van der Waals surface area contributed by atoms with Crippen molar-refractivity contribution in [3.8, 4) is 0 Å². The summed E-state index contributed by atoms with van der Waals surface area (Å²) >= 11 is 0. The molecule has 3 fully saturated rings. The second-order valence-corrected chi connectivity index (χ2v) is 9.65. The molecule has 1 aromatic carbocycles. The standard InChI is InChI=1S/C23H33N3O.2ClH/c1-25-17-22(8-12-24-13-9-22)16-20(25)21(27)26-14-10-23(11-15-26)7-6-18-4-2-3-5-19(18)23;;/h2-5,20,24H,6-17H2,1H3;2*1H. The lowest BCUT2D eigenvalue weighted by Crippen LogP contribution is -2.50. The molecule has 3 aliphatic heterocycles. The average Bonchev–Trinajstić information content (AvgIpc) is 3.21. The number of amides is 1. The number of hydrogen-bond acceptors (Lipinski definition) is 3. The van der Waals surface area contributed by atoms with E-state index in [9.17, 15) is 4.79 Å². The van der Waals surface area contributed by atoms with Gasteiger partial charge in [0.1, 0.15) is 0 Å². The van der Waals surface area contributed by atoms with Gasteiger partial charge in [-0.2, -0.15) is 0 Å². The predicted molar refractivity (Wildman–Crippen MR) is 122 cm³/mol. The van der Waals surface area contributed by atoms with Gasteiger partial charge in [-0.25, -0.2) is 0 Å². The SMILES string of the molecule is CN1CC2(CCNCC2)CC1C(=O)N1CCC2(CCc3ccccc32)CC1.Cl.Cl. The van der Waals surface area contributed by atoms with Crippen molar-refractivity contribution in [2.24, 2.45) is 5.41 Å². The molecule has 1 unspecified atom stereocenters. The van der Waals surface area contributed by atoms with Crippen LogP contribution in [-0.4, -0.2) is 61.5 Å². The molecule has 0 aromatic heterocycles. The summed E-state index contributed by atoms with van der Waals surface area (Å²) < 4.78 is 0. The maximum Gasteiger partial charge on any atom is 0.239 e. The first-order valence-electron chi connectivity index (χ1n) is 10.9. The lowest BCUT2D eigenvalue weighted by atomic mass is 9.73. The van der Waals surface area contributed by atoms with Gasteiger partial charge in [0.15, 0.2) is 0 Å². The number of carbonyl (C=O) groups is 1. The third-order valence-electron chi connectivity index (χ3n) is 8.19. The van der Waals surface area contributed by atoms with Crippen LogP contribution in [0.1, 0.15) is 49.7 Å². The summed E-state index contributed by atoms with van der Waals surface area (Å²) in [4.78, 5) is 17.9. The summed E-state index contributed by atoms with van der Waals surface area (Å²) in [6.45, 7) is 5.19. The normalized spacial score (nSPS) is 27.3. The summed E-state index contributed by atoms with van der Waals surface area (Å²) in [5.74, 6) is 0.397. The number of nitrogens with one attached hydrogen (secondary N) is 1. The molecule has 4 aliphatic rings. The Hall–Kier alpha value is -0.810. The Labute approximate surface area is 187 Å². The molecular formula is C23H35Cl2N3O. The van der Waals surface area contributed by atoms with Crippen LogP contribution in [0.2, 0.25) is 0 Å². The van der Waals surface area contributed by atoms with Gasteiger partial charge in [-0.15, -0.1) is 24.8 Å². The highest BCUT2D eigenvalue weighted by molar-refractivity contribution is 5.85. The van der Waals surface area contributed by atoms with E-state index in [1.54, 1.807) is 11.1 Å². The number of fused-ring (bicyclic) bond motifs is 2. The van der Waals surface area contributed by atoms with Crippen molar-refractivity contribution in [2.45, 2.75) is 56.4 Å². The van der Waals surface area contributed by atoms with Crippen LogP contribution in [0.3, 0.4) is 0 Å². The zero-order valence-corrected chi connectivity index (χ0v) is 19.1. The number of halogens is 2. The number of nitrogens with zero attached hydrogens (tertiary/aromatic N) is 2. The minimum absolute atomic E-state index is 0. The van der Waals surface area contributed by atoms with Gasteiger partial charge in [-0.1, -0.05) is 24.3 Å². The average molecular weight is 440 g/mol. The van der Waals surface area contributed by atoms with Gasteiger partial charge in [0.25, 0.3) is 0 Å². The van der Waals surface area contributed by atoms with E-state index in [1.807, 2.05) is 0 Å². The number of likely N-dealkylation sites (tertiary alicyclic amines) is 2. The summed E-state index contributed by atoms with van der Waals surface area (Å²) in [5, 5.41) is 3.48. The van der Waals surface area contributed by atoms with Crippen LogP contribution in [0, 0.1) is 5.41 Å². The van der Waals surface area contributed by atoms with Crippen LogP contribution < -0.4 is 5.32 Å². The van der Waals surface area contributed by atoms with E-state index in [2.05, 4.69) is 46.4 Å². The largest absolute Gasteiger partial charge is 0.341 e. The Morgan fingerprint density at radius 1 is 1.03 bits per heavy atom. The summed E-state index contributed by atoms with van der Waals surface area (Å²) in [7, 11) is 2.16. The van der Waals surface area contributed by atoms with Crippen molar-refractivity contribution >= 4 is 30.7 Å². The van der Waals surface area contributed by atoms with Crippen LogP contribution in [0.25, 0.3) is 0 Å². The molecule has 29 heavy (non-hydrogen) atoms. The highest BCUT2D eigenvalue weighted by Gasteiger charge is 2.48. The van der Waals surface area contributed by atoms with Gasteiger partial charge in [0.05, 0.1) is 6.04 Å². The van der Waals surface area contributed by atoms with E-state index < -0.39 is 0 Å². The van der Waals surface area contributed by atoms with Crippen LogP contribution in [0.5, 0.6) is 0 Å². The highest BCUT2D eigenvalue weighted by atomic mass is 35.5. The van der Waals surface area contributed by atoms with Crippen molar-refractivity contribution in [2.75, 3.05) is 39.8 Å². The second-order valence-electron chi connectivity index (χ2n) is 9.65. The van der Waals surface area contributed by atoms with Crippen molar-refractivity contribution in [1.82, 2.24) is 15.1 Å². The molecule has 1 aromatic rings. The van der Waals surface area contributed by atoms with Gasteiger partial charge in [0, 0.05) is 19.6 Å². The molecule has 162 valence electrons. The Kier molecular flexibility index (Phi) is 6.89. The van der Waals surface area contributed by atoms with Crippen LogP contribution in [0.15, 0.2) is 24.3 Å². The zero-order valence-electron chi connectivity index (χ0n) is 17.5. The molecule has 0 bridgehead atoms. The Morgan fingerprint density at radius 2 is 1.72 bits per heavy atom. The first-order chi connectivity index (χ1) is 13.1. The van der Waals surface area contributed by atoms with Crippen molar-refractivity contribution in [3.05, 3.63) is 35.4 Å². The van der Waals surface area contributed by atoms with Gasteiger partial charge in [0.2, 0.25) is 5.91 Å². The maximum absolute atomic E-state index is 13.4. The van der Waals surface area contributed by atoms with Crippen LogP contribution in [0.4, 0.5) is 0 Å². The summed E-state index contributed by atoms with van der Waals surface area (Å²) in [6, 6.07) is 9.10. The Bertz CT molecular complexity index is 727. The Balaban J connectivity index is 0.00000120. The lowest BCUT2D eigenvalue weighted by Gasteiger charge is -2.41. The second kappa shape index (κ2) is 8.74. The van der Waals surface area contributed by atoms with Gasteiger partial charge in [-0.3, -0.25) is 9.69 Å². The fourth-order valence-electron chi connectivity index (χ4n) is 6.51. The topological polar surface area (TPSA) is 35.6 Å². The van der Waals surface area contributed by atoms with E-state index in [4.69, 9.17) is 0 Å². The maximum atomic E-state index is 13.4. The fourth-order valence-corrected chi connectivity index (χ4v) is 6.51. The molecule has 6 heteroatoms. The number of aryl methyl sites for hydroxylation is 1. The smallest absolute Gasteiger partial charge is 0.239 e. The molecule has 1 aliphatic carbocycles. The monoisotopic (exact) mass is 439 g/mol. The van der Waals surface area contributed by atoms with Crippen LogP contribution in [-0.2, 0) is 16.6 Å². The first-order valence-corrected chi connectivity index (χ1v) is 10.9. The van der Waals surface area contributed by atoms with Crippen molar-refractivity contribution < 1.29 is 4.79 Å². The first kappa shape index (κ1) is 22.9. The third kappa shape index (κ3) is 3.94. The summed E-state index contributed by atoms with van der Waals surface area (Å²) in [6.07, 6.45) is 8.28. The molecule has 1 amide bonds. The van der Waals surface area contributed by atoms with Gasteiger partial charge in [-0.05, 0) is 87.0 Å². The van der Waals surface area contributed by atoms with Crippen LogP contribution >= 0.6 is 24.8 Å². The molecule has 3 saturated heterocycles. The minimum atomic E-state index is 0. The molecule has 1 atom stereocenters. The number of benzene rings is 1. The summed E-state index contributed by atoms with van der Waals surface area (Å²) in [5.41, 5.74) is 3.83. The van der Waals surface area contributed by atoms with E-state index in [1.165, 1.54) is 25.7 Å². The van der Waals surface area contributed by atoms with E-state index in [0.717, 1.165) is 52.0 Å². The molecule has 5 rings (SSSR count). The minimum Gasteiger partial charge on any atom is -0.341 e. The number of likely N-dealkylation sites (N-methyl/N-ethyl adjacent to an activating group) is 1. The molecule has 3 heterocycles. The van der Waals surface area contributed by atoms with E-state index in [-0.39, 0.29) is 30.9 Å². The molecule has 0 radical (unpaired) electrons. The fraction of sp³-hybridized carbons (Fsp3) is 0.696. The number of rotatable bonds is 1. The van der Waals surface area contributed by atoms with Crippen molar-refractivity contribution in [3.63, 3.8) is 0 Å². The predicted octanol–water partition coefficient (Wildman–Crippen LogP) is 3.41. The van der Waals surface area contributed by atoms with E-state index >= 15 is 0 Å². The molecule has 4 nitrogen and oxygen atoms in total. The Morgan fingerprint density at radius 3 is 2.45 bits per heavy atom.